The van der Waals surface area contributed by atoms with E-state index in [9.17, 15) is 9.18 Å². The molecule has 5 heteroatoms. The molecule has 1 atom stereocenters. The van der Waals surface area contributed by atoms with Crippen molar-refractivity contribution in [3.63, 3.8) is 0 Å². The molecule has 0 fully saturated rings. The Labute approximate surface area is 141 Å². The predicted molar refractivity (Wildman–Crippen MR) is 93.2 cm³/mol. The SMILES string of the molecule is CC[C@H](CO)NC(=O)Cc1ccc(NCc2cccc(F)c2)cc1. The van der Waals surface area contributed by atoms with Gasteiger partial charge in [-0.25, -0.2) is 4.39 Å². The van der Waals surface area contributed by atoms with Crippen molar-refractivity contribution in [3.05, 3.63) is 65.5 Å². The molecule has 0 bridgehead atoms. The number of amides is 1. The van der Waals surface area contributed by atoms with Crippen LogP contribution in [-0.2, 0) is 17.8 Å². The molecule has 128 valence electrons. The number of hydrogen-bond acceptors (Lipinski definition) is 3. The Balaban J connectivity index is 1.85. The highest BCUT2D eigenvalue weighted by molar-refractivity contribution is 5.79. The number of halogens is 1. The largest absolute Gasteiger partial charge is 0.394 e. The van der Waals surface area contributed by atoms with Gasteiger partial charge in [0.2, 0.25) is 5.91 Å². The van der Waals surface area contributed by atoms with Gasteiger partial charge in [0.1, 0.15) is 5.82 Å². The number of hydrogen-bond donors (Lipinski definition) is 3. The van der Waals surface area contributed by atoms with E-state index in [0.717, 1.165) is 16.8 Å². The van der Waals surface area contributed by atoms with Gasteiger partial charge in [-0.15, -0.1) is 0 Å². The van der Waals surface area contributed by atoms with Crippen LogP contribution < -0.4 is 10.6 Å². The summed E-state index contributed by atoms with van der Waals surface area (Å²) < 4.78 is 13.1. The summed E-state index contributed by atoms with van der Waals surface area (Å²) in [7, 11) is 0. The number of carbonyl (C=O) groups is 1. The van der Waals surface area contributed by atoms with E-state index < -0.39 is 0 Å². The van der Waals surface area contributed by atoms with Crippen LogP contribution in [0.1, 0.15) is 24.5 Å². The van der Waals surface area contributed by atoms with Crippen molar-refractivity contribution < 1.29 is 14.3 Å². The molecular weight excluding hydrogens is 307 g/mol. The molecule has 0 aliphatic heterocycles. The van der Waals surface area contributed by atoms with E-state index in [1.54, 1.807) is 6.07 Å². The van der Waals surface area contributed by atoms with Gasteiger partial charge in [-0.1, -0.05) is 31.2 Å². The third kappa shape index (κ3) is 5.66. The lowest BCUT2D eigenvalue weighted by atomic mass is 10.1. The van der Waals surface area contributed by atoms with Crippen molar-refractivity contribution in [2.75, 3.05) is 11.9 Å². The minimum absolute atomic E-state index is 0.0504. The summed E-state index contributed by atoms with van der Waals surface area (Å²) in [6.45, 7) is 2.40. The number of aliphatic hydroxyl groups is 1. The number of anilines is 1. The fourth-order valence-corrected chi connectivity index (χ4v) is 2.33. The molecule has 2 rings (SSSR count). The van der Waals surface area contributed by atoms with E-state index in [2.05, 4.69) is 10.6 Å². The van der Waals surface area contributed by atoms with Crippen LogP contribution in [0.15, 0.2) is 48.5 Å². The molecule has 0 aromatic heterocycles. The summed E-state index contributed by atoms with van der Waals surface area (Å²) in [6.07, 6.45) is 0.978. The van der Waals surface area contributed by atoms with Crippen molar-refractivity contribution in [1.82, 2.24) is 5.32 Å². The van der Waals surface area contributed by atoms with Crippen LogP contribution in [0, 0.1) is 5.82 Å². The van der Waals surface area contributed by atoms with Gasteiger partial charge in [0, 0.05) is 12.2 Å². The monoisotopic (exact) mass is 330 g/mol. The second kappa shape index (κ2) is 9.03. The zero-order valence-electron chi connectivity index (χ0n) is 13.8. The smallest absolute Gasteiger partial charge is 0.224 e. The number of rotatable bonds is 8. The molecule has 24 heavy (non-hydrogen) atoms. The van der Waals surface area contributed by atoms with Gasteiger partial charge in [0.15, 0.2) is 0 Å². The number of benzene rings is 2. The first-order chi connectivity index (χ1) is 11.6. The lowest BCUT2D eigenvalue weighted by Crippen LogP contribution is -2.37. The van der Waals surface area contributed by atoms with Gasteiger partial charge in [0.25, 0.3) is 0 Å². The highest BCUT2D eigenvalue weighted by atomic mass is 19.1. The fraction of sp³-hybridized carbons (Fsp3) is 0.316. The molecule has 0 aliphatic rings. The Morgan fingerprint density at radius 2 is 1.92 bits per heavy atom. The average Bonchev–Trinajstić information content (AvgIpc) is 2.59. The fourth-order valence-electron chi connectivity index (χ4n) is 2.33. The summed E-state index contributed by atoms with van der Waals surface area (Å²) in [5.74, 6) is -0.347. The van der Waals surface area contributed by atoms with Gasteiger partial charge < -0.3 is 15.7 Å². The van der Waals surface area contributed by atoms with E-state index in [-0.39, 0.29) is 30.8 Å². The van der Waals surface area contributed by atoms with Crippen LogP contribution in [0.2, 0.25) is 0 Å². The molecule has 3 N–H and O–H groups in total. The first kappa shape index (κ1) is 17.9. The lowest BCUT2D eigenvalue weighted by molar-refractivity contribution is -0.121. The molecule has 2 aromatic carbocycles. The van der Waals surface area contributed by atoms with Crippen molar-refractivity contribution in [2.45, 2.75) is 32.4 Å². The maximum atomic E-state index is 13.1. The zero-order chi connectivity index (χ0) is 17.4. The van der Waals surface area contributed by atoms with Crippen molar-refractivity contribution >= 4 is 11.6 Å². The maximum absolute atomic E-state index is 13.1. The van der Waals surface area contributed by atoms with Gasteiger partial charge in [-0.2, -0.15) is 0 Å². The third-order valence-corrected chi connectivity index (χ3v) is 3.78. The Hall–Kier alpha value is -2.40. The summed E-state index contributed by atoms with van der Waals surface area (Å²) in [4.78, 5) is 11.9. The topological polar surface area (TPSA) is 61.4 Å². The molecular formula is C19H23FN2O2. The molecule has 1 amide bonds. The van der Waals surface area contributed by atoms with Gasteiger partial charge in [-0.3, -0.25) is 4.79 Å². The predicted octanol–water partition coefficient (Wildman–Crippen LogP) is 2.87. The Morgan fingerprint density at radius 3 is 2.54 bits per heavy atom. The van der Waals surface area contributed by atoms with E-state index in [4.69, 9.17) is 5.11 Å². The van der Waals surface area contributed by atoms with Gasteiger partial charge in [-0.05, 0) is 41.8 Å². The lowest BCUT2D eigenvalue weighted by Gasteiger charge is -2.14. The number of carbonyl (C=O) groups excluding carboxylic acids is 1. The molecule has 2 aromatic rings. The Kier molecular flexibility index (Phi) is 6.75. The van der Waals surface area contributed by atoms with Gasteiger partial charge in [0.05, 0.1) is 19.1 Å². The second-order valence-corrected chi connectivity index (χ2v) is 5.71. The first-order valence-electron chi connectivity index (χ1n) is 8.08. The first-order valence-corrected chi connectivity index (χ1v) is 8.08. The van der Waals surface area contributed by atoms with Crippen LogP contribution >= 0.6 is 0 Å². The van der Waals surface area contributed by atoms with E-state index in [0.29, 0.717) is 13.0 Å². The summed E-state index contributed by atoms with van der Waals surface area (Å²) in [5, 5.41) is 15.1. The molecule has 0 saturated heterocycles. The van der Waals surface area contributed by atoms with Crippen LogP contribution in [0.25, 0.3) is 0 Å². The Bertz CT molecular complexity index is 655. The molecule has 0 heterocycles. The highest BCUT2D eigenvalue weighted by Crippen LogP contribution is 2.12. The minimum atomic E-state index is -0.246. The number of nitrogens with one attached hydrogen (secondary N) is 2. The summed E-state index contributed by atoms with van der Waals surface area (Å²) >= 11 is 0. The van der Waals surface area contributed by atoms with E-state index in [1.165, 1.54) is 12.1 Å². The molecule has 0 aliphatic carbocycles. The molecule has 0 radical (unpaired) electrons. The minimum Gasteiger partial charge on any atom is -0.394 e. The second-order valence-electron chi connectivity index (χ2n) is 5.71. The van der Waals surface area contributed by atoms with Crippen molar-refractivity contribution in [2.24, 2.45) is 0 Å². The molecule has 4 nitrogen and oxygen atoms in total. The normalized spacial score (nSPS) is 11.8. The van der Waals surface area contributed by atoms with Crippen LogP contribution in [0.5, 0.6) is 0 Å². The van der Waals surface area contributed by atoms with Crippen molar-refractivity contribution in [3.8, 4) is 0 Å². The standard InChI is InChI=1S/C19H23FN2O2/c1-2-17(13-23)22-19(24)11-14-6-8-18(9-7-14)21-12-15-4-3-5-16(20)10-15/h3-10,17,21,23H,2,11-13H2,1H3,(H,22,24)/t17-/m1/s1. The summed E-state index contributed by atoms with van der Waals surface area (Å²) in [5.41, 5.74) is 2.68. The zero-order valence-corrected chi connectivity index (χ0v) is 13.8. The van der Waals surface area contributed by atoms with E-state index in [1.807, 2.05) is 37.3 Å². The van der Waals surface area contributed by atoms with Crippen LogP contribution in [-0.4, -0.2) is 23.7 Å². The van der Waals surface area contributed by atoms with Crippen molar-refractivity contribution in [1.29, 1.82) is 0 Å². The van der Waals surface area contributed by atoms with E-state index >= 15 is 0 Å². The average molecular weight is 330 g/mol. The van der Waals surface area contributed by atoms with Crippen LogP contribution in [0.4, 0.5) is 10.1 Å². The Morgan fingerprint density at radius 1 is 1.17 bits per heavy atom. The van der Waals surface area contributed by atoms with Gasteiger partial charge >= 0.3 is 0 Å². The maximum Gasteiger partial charge on any atom is 0.224 e. The third-order valence-electron chi connectivity index (χ3n) is 3.78. The van der Waals surface area contributed by atoms with Crippen LogP contribution in [0.3, 0.4) is 0 Å². The highest BCUT2D eigenvalue weighted by Gasteiger charge is 2.09. The molecule has 0 unspecified atom stereocenters. The number of aliphatic hydroxyl groups excluding tert-OH is 1. The quantitative estimate of drug-likeness (QED) is 0.697. The molecule has 0 saturated carbocycles. The molecule has 0 spiro atoms. The summed E-state index contributed by atoms with van der Waals surface area (Å²) in [6, 6.07) is 13.8.